The highest BCUT2D eigenvalue weighted by atomic mass is 28.3. The Hall–Kier alpha value is -1.03. The molecule has 0 aromatic rings. The van der Waals surface area contributed by atoms with Crippen LogP contribution in [0.15, 0.2) is 23.4 Å². The second-order valence-corrected chi connectivity index (χ2v) is 11.6. The zero-order chi connectivity index (χ0) is 16.8. The molecule has 128 valence electrons. The number of allylic oxidation sites excluding steroid dienone is 2. The van der Waals surface area contributed by atoms with E-state index in [4.69, 9.17) is 9.47 Å². The van der Waals surface area contributed by atoms with Gasteiger partial charge in [0.05, 0.1) is 21.3 Å². The molecule has 0 aromatic carbocycles. The summed E-state index contributed by atoms with van der Waals surface area (Å²) in [6.07, 6.45) is 10.8. The molecule has 0 aliphatic carbocycles. The van der Waals surface area contributed by atoms with Crippen molar-refractivity contribution in [3.63, 3.8) is 0 Å². The Bertz CT molecular complexity index is 354. The molecule has 0 spiro atoms. The zero-order valence-electron chi connectivity index (χ0n) is 15.1. The van der Waals surface area contributed by atoms with E-state index in [1.54, 1.807) is 6.92 Å². The van der Waals surface area contributed by atoms with Crippen molar-refractivity contribution in [2.45, 2.75) is 72.0 Å². The van der Waals surface area contributed by atoms with Gasteiger partial charge in [-0.2, -0.15) is 0 Å². The lowest BCUT2D eigenvalue weighted by Crippen LogP contribution is -2.16. The normalized spacial score (nSPS) is 12.7. The van der Waals surface area contributed by atoms with Crippen molar-refractivity contribution in [1.29, 1.82) is 0 Å². The molecule has 0 saturated carbocycles. The summed E-state index contributed by atoms with van der Waals surface area (Å²) in [7, 11) is -1.20. The number of carbonyl (C=O) groups is 1. The molecule has 0 fully saturated rings. The van der Waals surface area contributed by atoms with E-state index in [-0.39, 0.29) is 0 Å². The van der Waals surface area contributed by atoms with E-state index < -0.39 is 14.2 Å². The Morgan fingerprint density at radius 3 is 2.36 bits per heavy atom. The number of rotatable bonds is 11. The lowest BCUT2D eigenvalue weighted by Gasteiger charge is -2.12. The number of unbranched alkanes of at least 4 members (excludes halogenated alkanes) is 3. The van der Waals surface area contributed by atoms with Crippen molar-refractivity contribution in [1.82, 2.24) is 0 Å². The SMILES string of the molecule is CCCCCCC(/C=C/CCOC(=O)OCC)=C\[Si](C)(C)C. The second-order valence-electron chi connectivity index (χ2n) is 6.62. The van der Waals surface area contributed by atoms with Gasteiger partial charge in [-0.3, -0.25) is 0 Å². The van der Waals surface area contributed by atoms with Gasteiger partial charge in [0, 0.05) is 0 Å². The Balaban J connectivity index is 4.24. The summed E-state index contributed by atoms with van der Waals surface area (Å²) >= 11 is 0. The molecule has 0 amide bonds. The van der Waals surface area contributed by atoms with Crippen LogP contribution in [-0.4, -0.2) is 27.4 Å². The van der Waals surface area contributed by atoms with Crippen LogP contribution in [0.25, 0.3) is 0 Å². The number of carbonyl (C=O) groups excluding carboxylic acids is 1. The van der Waals surface area contributed by atoms with Crippen molar-refractivity contribution in [3.05, 3.63) is 23.4 Å². The average molecular weight is 327 g/mol. The predicted molar refractivity (Wildman–Crippen MR) is 96.9 cm³/mol. The van der Waals surface area contributed by atoms with Crippen LogP contribution in [0.5, 0.6) is 0 Å². The van der Waals surface area contributed by atoms with Crippen LogP contribution in [0.3, 0.4) is 0 Å². The Kier molecular flexibility index (Phi) is 11.9. The van der Waals surface area contributed by atoms with E-state index in [2.05, 4.69) is 44.4 Å². The summed E-state index contributed by atoms with van der Waals surface area (Å²) in [4.78, 5) is 11.1. The van der Waals surface area contributed by atoms with Crippen LogP contribution in [0.4, 0.5) is 4.79 Å². The summed E-state index contributed by atoms with van der Waals surface area (Å²) in [5.74, 6) is 0. The standard InChI is InChI=1S/C18H34O3Si/c1-6-8-9-10-13-17(16-22(3,4)5)14-11-12-15-21-18(19)20-7-2/h11,14,16H,6-10,12-13,15H2,1-5H3/b14-11+,17-16+. The summed E-state index contributed by atoms with van der Waals surface area (Å²) in [6, 6.07) is 0. The molecule has 0 aliphatic rings. The highest BCUT2D eigenvalue weighted by molar-refractivity contribution is 6.81. The molecular weight excluding hydrogens is 292 g/mol. The van der Waals surface area contributed by atoms with Crippen LogP contribution in [0, 0.1) is 0 Å². The van der Waals surface area contributed by atoms with E-state index >= 15 is 0 Å². The van der Waals surface area contributed by atoms with Crippen molar-refractivity contribution in [3.8, 4) is 0 Å². The fourth-order valence-corrected chi connectivity index (χ4v) is 3.47. The van der Waals surface area contributed by atoms with Crippen LogP contribution in [-0.2, 0) is 9.47 Å². The molecule has 0 atom stereocenters. The van der Waals surface area contributed by atoms with Crippen LogP contribution in [0.1, 0.15) is 52.4 Å². The lowest BCUT2D eigenvalue weighted by molar-refractivity contribution is 0.0604. The molecule has 0 bridgehead atoms. The first-order valence-electron chi connectivity index (χ1n) is 8.57. The molecule has 0 radical (unpaired) electrons. The van der Waals surface area contributed by atoms with Gasteiger partial charge in [-0.1, -0.05) is 69.3 Å². The minimum atomic E-state index is -1.20. The first kappa shape index (κ1) is 21.0. The first-order valence-corrected chi connectivity index (χ1v) is 12.1. The minimum Gasteiger partial charge on any atom is -0.435 e. The van der Waals surface area contributed by atoms with Gasteiger partial charge in [-0.25, -0.2) is 4.79 Å². The predicted octanol–water partition coefficient (Wildman–Crippen LogP) is 5.88. The zero-order valence-corrected chi connectivity index (χ0v) is 16.1. The maximum absolute atomic E-state index is 11.1. The maximum Gasteiger partial charge on any atom is 0.508 e. The summed E-state index contributed by atoms with van der Waals surface area (Å²) in [6.45, 7) is 11.8. The van der Waals surface area contributed by atoms with Crippen molar-refractivity contribution >= 4 is 14.2 Å². The lowest BCUT2D eigenvalue weighted by atomic mass is 10.1. The summed E-state index contributed by atoms with van der Waals surface area (Å²) in [5, 5.41) is 0. The average Bonchev–Trinajstić information content (AvgIpc) is 2.41. The largest absolute Gasteiger partial charge is 0.508 e. The molecule has 0 saturated heterocycles. The molecule has 0 N–H and O–H groups in total. The Morgan fingerprint density at radius 2 is 1.77 bits per heavy atom. The van der Waals surface area contributed by atoms with E-state index in [1.165, 1.54) is 31.3 Å². The van der Waals surface area contributed by atoms with E-state index in [0.717, 1.165) is 12.8 Å². The molecule has 22 heavy (non-hydrogen) atoms. The molecular formula is C18H34O3Si. The fraction of sp³-hybridized carbons (Fsp3) is 0.722. The fourth-order valence-electron chi connectivity index (χ4n) is 2.12. The van der Waals surface area contributed by atoms with Gasteiger partial charge in [0.15, 0.2) is 0 Å². The van der Waals surface area contributed by atoms with Gasteiger partial charge in [-0.15, -0.1) is 0 Å². The van der Waals surface area contributed by atoms with Crippen LogP contribution in [0.2, 0.25) is 19.6 Å². The van der Waals surface area contributed by atoms with Gasteiger partial charge < -0.3 is 9.47 Å². The van der Waals surface area contributed by atoms with Gasteiger partial charge in [0.2, 0.25) is 0 Å². The van der Waals surface area contributed by atoms with Gasteiger partial charge in [0.25, 0.3) is 0 Å². The molecule has 0 unspecified atom stereocenters. The van der Waals surface area contributed by atoms with Gasteiger partial charge >= 0.3 is 6.16 Å². The molecule has 4 heteroatoms. The molecule has 3 nitrogen and oxygen atoms in total. The monoisotopic (exact) mass is 326 g/mol. The number of hydrogen-bond donors (Lipinski definition) is 0. The minimum absolute atomic E-state index is 0.357. The third-order valence-corrected chi connectivity index (χ3v) is 4.27. The molecule has 0 aromatic heterocycles. The molecule has 0 heterocycles. The number of hydrogen-bond acceptors (Lipinski definition) is 3. The Labute approximate surface area is 137 Å². The van der Waals surface area contributed by atoms with E-state index in [0.29, 0.717) is 13.2 Å². The smallest absolute Gasteiger partial charge is 0.435 e. The number of ether oxygens (including phenoxy) is 2. The van der Waals surface area contributed by atoms with Gasteiger partial charge in [-0.05, 0) is 26.2 Å². The van der Waals surface area contributed by atoms with Crippen molar-refractivity contribution < 1.29 is 14.3 Å². The van der Waals surface area contributed by atoms with Crippen molar-refractivity contribution in [2.24, 2.45) is 0 Å². The third kappa shape index (κ3) is 13.9. The second kappa shape index (κ2) is 12.5. The quantitative estimate of drug-likeness (QED) is 0.206. The highest BCUT2D eigenvalue weighted by Crippen LogP contribution is 2.16. The third-order valence-electron chi connectivity index (χ3n) is 3.04. The molecule has 0 aliphatic heterocycles. The topological polar surface area (TPSA) is 35.5 Å². The van der Waals surface area contributed by atoms with Gasteiger partial charge in [0.1, 0.15) is 0 Å². The maximum atomic E-state index is 11.1. The first-order chi connectivity index (χ1) is 10.4. The molecule has 0 rings (SSSR count). The van der Waals surface area contributed by atoms with E-state index in [1.807, 2.05) is 0 Å². The van der Waals surface area contributed by atoms with Crippen LogP contribution >= 0.6 is 0 Å². The van der Waals surface area contributed by atoms with E-state index in [9.17, 15) is 4.79 Å². The van der Waals surface area contributed by atoms with Crippen LogP contribution < -0.4 is 0 Å². The highest BCUT2D eigenvalue weighted by Gasteiger charge is 2.09. The Morgan fingerprint density at radius 1 is 1.05 bits per heavy atom. The summed E-state index contributed by atoms with van der Waals surface area (Å²) in [5.41, 5.74) is 3.91. The van der Waals surface area contributed by atoms with Crippen molar-refractivity contribution in [2.75, 3.05) is 13.2 Å². The summed E-state index contributed by atoms with van der Waals surface area (Å²) < 4.78 is 9.68.